The van der Waals surface area contributed by atoms with Crippen molar-refractivity contribution in [1.29, 1.82) is 0 Å². The Morgan fingerprint density at radius 3 is 2.57 bits per heavy atom. The van der Waals surface area contributed by atoms with E-state index in [1.165, 1.54) is 6.07 Å². The fourth-order valence-corrected chi connectivity index (χ4v) is 1.79. The van der Waals surface area contributed by atoms with E-state index in [2.05, 4.69) is 5.32 Å². The van der Waals surface area contributed by atoms with Gasteiger partial charge in [-0.15, -0.1) is 0 Å². The van der Waals surface area contributed by atoms with Gasteiger partial charge in [-0.25, -0.2) is 4.39 Å². The van der Waals surface area contributed by atoms with Gasteiger partial charge in [-0.05, 0) is 36.4 Å². The van der Waals surface area contributed by atoms with E-state index in [-0.39, 0.29) is 5.75 Å². The molecule has 6 heteroatoms. The normalized spacial score (nSPS) is 10.4. The summed E-state index contributed by atoms with van der Waals surface area (Å²) in [5.74, 6) is -0.194. The highest BCUT2D eigenvalue weighted by atomic mass is 19.1. The average molecular weight is 290 g/mol. The summed E-state index contributed by atoms with van der Waals surface area (Å²) in [7, 11) is 0. The maximum Gasteiger partial charge on any atom is 0.314 e. The van der Waals surface area contributed by atoms with Gasteiger partial charge in [0.05, 0.1) is 11.0 Å². The first-order chi connectivity index (χ1) is 10.1. The number of hydrogen-bond donors (Lipinski definition) is 1. The van der Waals surface area contributed by atoms with Crippen LogP contribution in [0.15, 0.2) is 42.5 Å². The molecule has 2 rings (SSSR count). The molecule has 0 amide bonds. The fourth-order valence-electron chi connectivity index (χ4n) is 1.79. The van der Waals surface area contributed by atoms with E-state index >= 15 is 0 Å². The van der Waals surface area contributed by atoms with Crippen LogP contribution in [0.5, 0.6) is 11.5 Å². The van der Waals surface area contributed by atoms with E-state index in [0.29, 0.717) is 5.75 Å². The second-order valence-electron chi connectivity index (χ2n) is 4.40. The van der Waals surface area contributed by atoms with Crippen LogP contribution in [-0.4, -0.2) is 11.5 Å². The minimum atomic E-state index is -0.671. The van der Waals surface area contributed by atoms with Crippen molar-refractivity contribution < 1.29 is 14.1 Å². The average Bonchev–Trinajstić information content (AvgIpc) is 2.48. The topological polar surface area (TPSA) is 64.4 Å². The van der Waals surface area contributed by atoms with Crippen LogP contribution < -0.4 is 10.1 Å². The van der Waals surface area contributed by atoms with E-state index < -0.39 is 16.4 Å². The summed E-state index contributed by atoms with van der Waals surface area (Å²) in [4.78, 5) is 10.2. The number of hydrogen-bond acceptors (Lipinski definition) is 4. The van der Waals surface area contributed by atoms with Crippen LogP contribution in [0.1, 0.15) is 12.5 Å². The molecule has 0 aliphatic carbocycles. The third-order valence-electron chi connectivity index (χ3n) is 2.85. The highest BCUT2D eigenvalue weighted by Crippen LogP contribution is 2.31. The van der Waals surface area contributed by atoms with Crippen molar-refractivity contribution in [3.05, 3.63) is 64.0 Å². The molecule has 2 aromatic carbocycles. The highest BCUT2D eigenvalue weighted by molar-refractivity contribution is 5.48. The van der Waals surface area contributed by atoms with E-state index in [1.807, 2.05) is 19.1 Å². The van der Waals surface area contributed by atoms with Crippen LogP contribution in [-0.2, 0) is 6.54 Å². The molecule has 0 fully saturated rings. The molecule has 1 N–H and O–H groups in total. The monoisotopic (exact) mass is 290 g/mol. The van der Waals surface area contributed by atoms with Crippen LogP contribution in [0, 0.1) is 15.9 Å². The van der Waals surface area contributed by atoms with E-state index in [4.69, 9.17) is 4.74 Å². The maximum atomic E-state index is 13.1. The van der Waals surface area contributed by atoms with E-state index in [1.54, 1.807) is 12.1 Å². The van der Waals surface area contributed by atoms with E-state index in [9.17, 15) is 14.5 Å². The Kier molecular flexibility index (Phi) is 4.84. The molecule has 0 aliphatic rings. The number of benzene rings is 2. The lowest BCUT2D eigenvalue weighted by atomic mass is 10.2. The van der Waals surface area contributed by atoms with Crippen molar-refractivity contribution >= 4 is 5.69 Å². The minimum Gasteiger partial charge on any atom is -0.450 e. The first-order valence-electron chi connectivity index (χ1n) is 6.51. The van der Waals surface area contributed by atoms with Gasteiger partial charge in [0.2, 0.25) is 5.75 Å². The largest absolute Gasteiger partial charge is 0.450 e. The summed E-state index contributed by atoms with van der Waals surface area (Å²) >= 11 is 0. The van der Waals surface area contributed by atoms with Crippen LogP contribution in [0.3, 0.4) is 0 Å². The Balaban J connectivity index is 2.16. The smallest absolute Gasteiger partial charge is 0.314 e. The Hall–Kier alpha value is -2.47. The molecule has 2 aromatic rings. The van der Waals surface area contributed by atoms with Gasteiger partial charge in [-0.1, -0.05) is 19.1 Å². The molecule has 0 saturated heterocycles. The van der Waals surface area contributed by atoms with Crippen molar-refractivity contribution in [2.75, 3.05) is 6.54 Å². The molecule has 0 radical (unpaired) electrons. The van der Waals surface area contributed by atoms with Gasteiger partial charge < -0.3 is 10.1 Å². The molecular weight excluding hydrogens is 275 g/mol. The standard InChI is InChI=1S/C15H15FN2O3/c1-2-17-10-11-3-6-13(7-4-11)21-15-8-5-12(16)9-14(15)18(19)20/h3-9,17H,2,10H2,1H3. The summed E-state index contributed by atoms with van der Waals surface area (Å²) < 4.78 is 18.5. The van der Waals surface area contributed by atoms with Gasteiger partial charge in [-0.2, -0.15) is 0 Å². The van der Waals surface area contributed by atoms with Gasteiger partial charge in [0.1, 0.15) is 11.6 Å². The number of nitro groups is 1. The molecule has 0 bridgehead atoms. The summed E-state index contributed by atoms with van der Waals surface area (Å²) in [6, 6.07) is 10.4. The third kappa shape index (κ3) is 4.00. The SMILES string of the molecule is CCNCc1ccc(Oc2ccc(F)cc2[N+](=O)[O-])cc1. The maximum absolute atomic E-state index is 13.1. The zero-order chi connectivity index (χ0) is 15.2. The Bertz CT molecular complexity index is 629. The fraction of sp³-hybridized carbons (Fsp3) is 0.200. The number of rotatable bonds is 6. The number of nitro benzene ring substituents is 1. The number of nitrogens with one attached hydrogen (secondary N) is 1. The Morgan fingerprint density at radius 1 is 1.24 bits per heavy atom. The zero-order valence-corrected chi connectivity index (χ0v) is 11.5. The molecule has 0 aliphatic heterocycles. The van der Waals surface area contributed by atoms with Gasteiger partial charge in [0, 0.05) is 6.54 Å². The van der Waals surface area contributed by atoms with Crippen LogP contribution in [0.25, 0.3) is 0 Å². The minimum absolute atomic E-state index is 0.0147. The summed E-state index contributed by atoms with van der Waals surface area (Å²) in [6.45, 7) is 3.64. The van der Waals surface area contributed by atoms with Crippen molar-refractivity contribution in [1.82, 2.24) is 5.32 Å². The lowest BCUT2D eigenvalue weighted by Crippen LogP contribution is -2.11. The summed E-state index contributed by atoms with van der Waals surface area (Å²) in [5.41, 5.74) is 0.685. The first kappa shape index (κ1) is 14.9. The predicted molar refractivity (Wildman–Crippen MR) is 77.0 cm³/mol. The van der Waals surface area contributed by atoms with Crippen molar-refractivity contribution in [3.63, 3.8) is 0 Å². The molecule has 5 nitrogen and oxygen atoms in total. The van der Waals surface area contributed by atoms with Crippen molar-refractivity contribution in [2.45, 2.75) is 13.5 Å². The molecule has 0 unspecified atom stereocenters. The second-order valence-corrected chi connectivity index (χ2v) is 4.40. The first-order valence-corrected chi connectivity index (χ1v) is 6.51. The Labute approximate surface area is 121 Å². The number of ether oxygens (including phenoxy) is 1. The zero-order valence-electron chi connectivity index (χ0n) is 11.5. The predicted octanol–water partition coefficient (Wildman–Crippen LogP) is 3.64. The molecule has 0 saturated carbocycles. The second kappa shape index (κ2) is 6.81. The Morgan fingerprint density at radius 2 is 1.95 bits per heavy atom. The van der Waals surface area contributed by atoms with Gasteiger partial charge in [0.15, 0.2) is 0 Å². The quantitative estimate of drug-likeness (QED) is 0.651. The van der Waals surface area contributed by atoms with Gasteiger partial charge in [0.25, 0.3) is 0 Å². The van der Waals surface area contributed by atoms with Crippen LogP contribution in [0.4, 0.5) is 10.1 Å². The molecule has 0 spiro atoms. The lowest BCUT2D eigenvalue weighted by molar-refractivity contribution is -0.385. The highest BCUT2D eigenvalue weighted by Gasteiger charge is 2.16. The molecule has 21 heavy (non-hydrogen) atoms. The molecule has 0 aromatic heterocycles. The summed E-state index contributed by atoms with van der Waals surface area (Å²) in [5, 5.41) is 14.1. The van der Waals surface area contributed by atoms with E-state index in [0.717, 1.165) is 30.8 Å². The van der Waals surface area contributed by atoms with Gasteiger partial charge >= 0.3 is 5.69 Å². The lowest BCUT2D eigenvalue weighted by Gasteiger charge is -2.07. The van der Waals surface area contributed by atoms with Gasteiger partial charge in [-0.3, -0.25) is 10.1 Å². The number of halogens is 1. The summed E-state index contributed by atoms with van der Waals surface area (Å²) in [6.07, 6.45) is 0. The molecule has 110 valence electrons. The molecule has 0 heterocycles. The number of nitrogens with zero attached hydrogens (tertiary/aromatic N) is 1. The van der Waals surface area contributed by atoms with Crippen LogP contribution >= 0.6 is 0 Å². The van der Waals surface area contributed by atoms with Crippen LogP contribution in [0.2, 0.25) is 0 Å². The molecular formula is C15H15FN2O3. The molecule has 0 atom stereocenters. The van der Waals surface area contributed by atoms with Crippen molar-refractivity contribution in [3.8, 4) is 11.5 Å². The van der Waals surface area contributed by atoms with Crippen molar-refractivity contribution in [2.24, 2.45) is 0 Å². The third-order valence-corrected chi connectivity index (χ3v) is 2.85.